The zero-order valence-corrected chi connectivity index (χ0v) is 12.6. The average molecular weight is 326 g/mol. The molecule has 0 saturated heterocycles. The number of halogens is 1. The van der Waals surface area contributed by atoms with Crippen LogP contribution in [0.1, 0.15) is 22.0 Å². The number of hydrogen-bond acceptors (Lipinski definition) is 4. The minimum Gasteiger partial charge on any atom is -0.444 e. The maximum Gasteiger partial charge on any atom is 0.251 e. The van der Waals surface area contributed by atoms with E-state index >= 15 is 0 Å². The first kappa shape index (κ1) is 15.9. The lowest BCUT2D eigenvalue weighted by molar-refractivity contribution is 0.0916. The monoisotopic (exact) mass is 326 g/mol. The molecular formula is C18H15FN2O3. The van der Waals surface area contributed by atoms with Crippen LogP contribution in [0.5, 0.6) is 0 Å². The Morgan fingerprint density at radius 2 is 1.88 bits per heavy atom. The maximum absolute atomic E-state index is 12.9. The van der Waals surface area contributed by atoms with Crippen molar-refractivity contribution in [1.82, 2.24) is 10.3 Å². The van der Waals surface area contributed by atoms with Gasteiger partial charge < -0.3 is 14.8 Å². The molecule has 0 aliphatic heterocycles. The summed E-state index contributed by atoms with van der Waals surface area (Å²) in [4.78, 5) is 16.0. The van der Waals surface area contributed by atoms with Crippen LogP contribution in [-0.4, -0.2) is 22.5 Å². The Hall–Kier alpha value is -2.99. The summed E-state index contributed by atoms with van der Waals surface area (Å²) in [7, 11) is 0. The fourth-order valence-electron chi connectivity index (χ4n) is 2.24. The summed E-state index contributed by atoms with van der Waals surface area (Å²) in [5.41, 5.74) is 1.82. The van der Waals surface area contributed by atoms with Gasteiger partial charge in [-0.3, -0.25) is 4.79 Å². The van der Waals surface area contributed by atoms with Gasteiger partial charge in [0, 0.05) is 17.7 Å². The van der Waals surface area contributed by atoms with Crippen LogP contribution < -0.4 is 5.32 Å². The molecule has 1 heterocycles. The van der Waals surface area contributed by atoms with Crippen molar-refractivity contribution in [3.63, 3.8) is 0 Å². The van der Waals surface area contributed by atoms with Crippen LogP contribution in [0, 0.1) is 5.82 Å². The number of aromatic nitrogens is 1. The molecule has 1 amide bonds. The molecule has 3 rings (SSSR count). The Morgan fingerprint density at radius 3 is 2.50 bits per heavy atom. The van der Waals surface area contributed by atoms with E-state index in [1.165, 1.54) is 30.7 Å². The van der Waals surface area contributed by atoms with Crippen molar-refractivity contribution in [2.75, 3.05) is 6.54 Å². The number of carbonyl (C=O) groups is 1. The van der Waals surface area contributed by atoms with Crippen molar-refractivity contribution in [3.8, 4) is 11.3 Å². The van der Waals surface area contributed by atoms with E-state index in [4.69, 9.17) is 4.42 Å². The molecule has 0 radical (unpaired) electrons. The zero-order valence-electron chi connectivity index (χ0n) is 12.6. The van der Waals surface area contributed by atoms with Gasteiger partial charge in [0.1, 0.15) is 5.82 Å². The number of amides is 1. The molecule has 0 aliphatic rings. The standard InChI is InChI=1S/C18H15FN2O3/c19-15-7-5-12(6-8-15)16(22)9-21-18(23)14-3-1-13(2-4-14)17-10-20-11-24-17/h1-8,10-11,16,22H,9H2,(H,21,23). The van der Waals surface area contributed by atoms with Crippen LogP contribution >= 0.6 is 0 Å². The van der Waals surface area contributed by atoms with Gasteiger partial charge in [0.25, 0.3) is 5.91 Å². The molecule has 5 nitrogen and oxygen atoms in total. The highest BCUT2D eigenvalue weighted by Gasteiger charge is 2.11. The fourth-order valence-corrected chi connectivity index (χ4v) is 2.24. The summed E-state index contributed by atoms with van der Waals surface area (Å²) in [6, 6.07) is 12.3. The van der Waals surface area contributed by atoms with Gasteiger partial charge in [-0.05, 0) is 29.8 Å². The largest absolute Gasteiger partial charge is 0.444 e. The number of aliphatic hydroxyl groups excluding tert-OH is 1. The molecule has 2 N–H and O–H groups in total. The molecule has 1 atom stereocenters. The lowest BCUT2D eigenvalue weighted by atomic mass is 10.1. The Kier molecular flexibility index (Phi) is 4.67. The lowest BCUT2D eigenvalue weighted by Crippen LogP contribution is -2.28. The van der Waals surface area contributed by atoms with E-state index < -0.39 is 6.10 Å². The van der Waals surface area contributed by atoms with E-state index in [1.807, 2.05) is 0 Å². The molecule has 0 fully saturated rings. The third-order valence-corrected chi connectivity index (χ3v) is 3.57. The molecule has 0 saturated carbocycles. The van der Waals surface area contributed by atoms with Crippen molar-refractivity contribution in [1.29, 1.82) is 0 Å². The van der Waals surface area contributed by atoms with Crippen LogP contribution in [-0.2, 0) is 0 Å². The molecular weight excluding hydrogens is 311 g/mol. The quantitative estimate of drug-likeness (QED) is 0.756. The number of oxazole rings is 1. The summed E-state index contributed by atoms with van der Waals surface area (Å²) in [5.74, 6) is -0.0594. The number of hydrogen-bond donors (Lipinski definition) is 2. The first-order valence-corrected chi connectivity index (χ1v) is 7.34. The number of nitrogens with zero attached hydrogens (tertiary/aromatic N) is 1. The Labute approximate surface area is 137 Å². The van der Waals surface area contributed by atoms with Crippen molar-refractivity contribution in [3.05, 3.63) is 78.1 Å². The molecule has 0 spiro atoms. The topological polar surface area (TPSA) is 75.4 Å². The zero-order chi connectivity index (χ0) is 16.9. The smallest absolute Gasteiger partial charge is 0.251 e. The van der Waals surface area contributed by atoms with Crippen molar-refractivity contribution in [2.45, 2.75) is 6.10 Å². The van der Waals surface area contributed by atoms with Crippen LogP contribution in [0.4, 0.5) is 4.39 Å². The predicted molar refractivity (Wildman–Crippen MR) is 85.6 cm³/mol. The maximum atomic E-state index is 12.9. The lowest BCUT2D eigenvalue weighted by Gasteiger charge is -2.12. The molecule has 2 aromatic carbocycles. The second-order valence-electron chi connectivity index (χ2n) is 5.22. The summed E-state index contributed by atoms with van der Waals surface area (Å²) >= 11 is 0. The summed E-state index contributed by atoms with van der Waals surface area (Å²) in [6.45, 7) is 0.0360. The Morgan fingerprint density at radius 1 is 1.17 bits per heavy atom. The third kappa shape index (κ3) is 3.67. The van der Waals surface area contributed by atoms with Crippen LogP contribution in [0.25, 0.3) is 11.3 Å². The Balaban J connectivity index is 1.59. The molecule has 0 aliphatic carbocycles. The number of aliphatic hydroxyl groups is 1. The van der Waals surface area contributed by atoms with E-state index in [0.717, 1.165) is 5.56 Å². The molecule has 0 bridgehead atoms. The summed E-state index contributed by atoms with van der Waals surface area (Å²) in [6.07, 6.45) is 2.03. The fraction of sp³-hybridized carbons (Fsp3) is 0.111. The predicted octanol–water partition coefficient (Wildman–Crippen LogP) is 2.94. The number of benzene rings is 2. The highest BCUT2D eigenvalue weighted by atomic mass is 19.1. The highest BCUT2D eigenvalue weighted by molar-refractivity contribution is 5.94. The van der Waals surface area contributed by atoms with Crippen LogP contribution in [0.3, 0.4) is 0 Å². The van der Waals surface area contributed by atoms with Crippen molar-refractivity contribution in [2.24, 2.45) is 0 Å². The number of nitrogens with one attached hydrogen (secondary N) is 1. The first-order valence-electron chi connectivity index (χ1n) is 7.34. The first-order chi connectivity index (χ1) is 11.6. The second-order valence-corrected chi connectivity index (χ2v) is 5.22. The number of carbonyl (C=O) groups excluding carboxylic acids is 1. The highest BCUT2D eigenvalue weighted by Crippen LogP contribution is 2.19. The van der Waals surface area contributed by atoms with Gasteiger partial charge in [0.2, 0.25) is 0 Å². The molecule has 1 aromatic heterocycles. The van der Waals surface area contributed by atoms with E-state index in [9.17, 15) is 14.3 Å². The molecule has 1 unspecified atom stereocenters. The van der Waals surface area contributed by atoms with Gasteiger partial charge in [0.05, 0.1) is 12.3 Å². The van der Waals surface area contributed by atoms with E-state index in [0.29, 0.717) is 16.9 Å². The molecule has 122 valence electrons. The normalized spacial score (nSPS) is 11.9. The summed E-state index contributed by atoms with van der Waals surface area (Å²) < 4.78 is 18.0. The van der Waals surface area contributed by atoms with Gasteiger partial charge in [-0.2, -0.15) is 0 Å². The van der Waals surface area contributed by atoms with E-state index in [-0.39, 0.29) is 18.3 Å². The minimum absolute atomic E-state index is 0.0360. The summed E-state index contributed by atoms with van der Waals surface area (Å²) in [5, 5.41) is 12.7. The van der Waals surface area contributed by atoms with Gasteiger partial charge in [-0.25, -0.2) is 9.37 Å². The molecule has 24 heavy (non-hydrogen) atoms. The van der Waals surface area contributed by atoms with Gasteiger partial charge in [-0.1, -0.05) is 24.3 Å². The van der Waals surface area contributed by atoms with Gasteiger partial charge in [-0.15, -0.1) is 0 Å². The van der Waals surface area contributed by atoms with Crippen LogP contribution in [0.2, 0.25) is 0 Å². The van der Waals surface area contributed by atoms with Gasteiger partial charge >= 0.3 is 0 Å². The SMILES string of the molecule is O=C(NCC(O)c1ccc(F)cc1)c1ccc(-c2cnco2)cc1. The molecule has 6 heteroatoms. The van der Waals surface area contributed by atoms with Crippen molar-refractivity contribution < 1.29 is 18.7 Å². The molecule has 3 aromatic rings. The number of rotatable bonds is 5. The third-order valence-electron chi connectivity index (χ3n) is 3.57. The van der Waals surface area contributed by atoms with E-state index in [1.54, 1.807) is 30.5 Å². The van der Waals surface area contributed by atoms with Crippen molar-refractivity contribution >= 4 is 5.91 Å². The second kappa shape index (κ2) is 7.06. The average Bonchev–Trinajstić information content (AvgIpc) is 3.15. The van der Waals surface area contributed by atoms with E-state index in [2.05, 4.69) is 10.3 Å². The minimum atomic E-state index is -0.900. The van der Waals surface area contributed by atoms with Crippen LogP contribution in [0.15, 0.2) is 65.5 Å². The Bertz CT molecular complexity index is 799. The van der Waals surface area contributed by atoms with Gasteiger partial charge in [0.15, 0.2) is 12.2 Å².